The highest BCUT2D eigenvalue weighted by atomic mass is 35.5. The van der Waals surface area contributed by atoms with Crippen LogP contribution in [0.3, 0.4) is 0 Å². The van der Waals surface area contributed by atoms with E-state index in [4.69, 9.17) is 27.9 Å². The molecule has 1 aliphatic heterocycles. The summed E-state index contributed by atoms with van der Waals surface area (Å²) in [7, 11) is 3.35. The van der Waals surface area contributed by atoms with Gasteiger partial charge in [0.1, 0.15) is 6.61 Å². The minimum Gasteiger partial charge on any atom is -0.448 e. The van der Waals surface area contributed by atoms with Gasteiger partial charge in [0.15, 0.2) is 0 Å². The first-order valence-corrected chi connectivity index (χ1v) is 7.70. The lowest BCUT2D eigenvalue weighted by molar-refractivity contribution is 0.0828. The highest BCUT2D eigenvalue weighted by molar-refractivity contribution is 6.42. The molecule has 0 spiro atoms. The van der Waals surface area contributed by atoms with Crippen molar-refractivity contribution in [3.63, 3.8) is 0 Å². The molecule has 1 N–H and O–H groups in total. The molecule has 0 unspecified atom stereocenters. The number of benzene rings is 1. The van der Waals surface area contributed by atoms with Gasteiger partial charge < -0.3 is 15.0 Å². The smallest absolute Gasteiger partial charge is 0.409 e. The molecule has 1 saturated heterocycles. The number of hydrogen-bond acceptors (Lipinski definition) is 3. The van der Waals surface area contributed by atoms with Gasteiger partial charge in [-0.1, -0.05) is 29.3 Å². The number of ether oxygens (including phenoxy) is 1. The zero-order valence-corrected chi connectivity index (χ0v) is 13.8. The second-order valence-electron chi connectivity index (χ2n) is 5.64. The highest BCUT2D eigenvalue weighted by Crippen LogP contribution is 2.35. The molecule has 2 rings (SSSR count). The van der Waals surface area contributed by atoms with Crippen LogP contribution in [0, 0.1) is 0 Å². The topological polar surface area (TPSA) is 41.6 Å². The summed E-state index contributed by atoms with van der Waals surface area (Å²) in [5.41, 5.74) is 0.800. The van der Waals surface area contributed by atoms with E-state index in [0.29, 0.717) is 16.7 Å². The Bertz CT molecular complexity index is 514. The van der Waals surface area contributed by atoms with Crippen LogP contribution in [0.15, 0.2) is 18.2 Å². The lowest BCUT2D eigenvalue weighted by Crippen LogP contribution is -2.47. The van der Waals surface area contributed by atoms with Gasteiger partial charge in [0, 0.05) is 26.1 Å². The number of nitrogens with one attached hydrogen (secondary N) is 1. The first-order valence-electron chi connectivity index (χ1n) is 6.95. The van der Waals surface area contributed by atoms with Gasteiger partial charge in [0.2, 0.25) is 0 Å². The summed E-state index contributed by atoms with van der Waals surface area (Å²) in [6.07, 6.45) is 1.64. The number of carbonyl (C=O) groups excluding carboxylic acids is 1. The van der Waals surface area contributed by atoms with Crippen molar-refractivity contribution in [2.75, 3.05) is 33.8 Å². The molecule has 0 bridgehead atoms. The molecule has 116 valence electrons. The van der Waals surface area contributed by atoms with Crippen LogP contribution in [0.25, 0.3) is 0 Å². The molecule has 1 heterocycles. The van der Waals surface area contributed by atoms with Crippen molar-refractivity contribution < 1.29 is 9.53 Å². The molecule has 21 heavy (non-hydrogen) atoms. The van der Waals surface area contributed by atoms with Crippen molar-refractivity contribution in [3.05, 3.63) is 33.8 Å². The molecule has 1 atom stereocenters. The SMILES string of the molecule is CN(C)C(=O)OC[C@]1(c2ccc(Cl)c(Cl)c2)CCCNC1. The van der Waals surface area contributed by atoms with E-state index >= 15 is 0 Å². The third kappa shape index (κ3) is 3.82. The first kappa shape index (κ1) is 16.4. The number of piperidine rings is 1. The normalized spacial score (nSPS) is 21.9. The fourth-order valence-corrected chi connectivity index (χ4v) is 2.87. The van der Waals surface area contributed by atoms with Crippen molar-refractivity contribution in [2.45, 2.75) is 18.3 Å². The van der Waals surface area contributed by atoms with Crippen molar-refractivity contribution >= 4 is 29.3 Å². The van der Waals surface area contributed by atoms with Crippen LogP contribution in [0.2, 0.25) is 10.0 Å². The molecule has 0 aromatic heterocycles. The molecule has 1 aliphatic rings. The van der Waals surface area contributed by atoms with Gasteiger partial charge in [0.05, 0.1) is 10.0 Å². The standard InChI is InChI=1S/C15H20Cl2N2O2/c1-19(2)14(20)21-10-15(6-3-7-18-9-15)11-4-5-12(16)13(17)8-11/h4-5,8,18H,3,6-7,9-10H2,1-2H3/t15-/m0/s1. The Labute approximate surface area is 135 Å². The number of nitrogens with zero attached hydrogens (tertiary/aromatic N) is 1. The van der Waals surface area contributed by atoms with E-state index in [0.717, 1.165) is 31.5 Å². The molecule has 1 fully saturated rings. The van der Waals surface area contributed by atoms with E-state index < -0.39 is 0 Å². The Morgan fingerprint density at radius 2 is 2.14 bits per heavy atom. The summed E-state index contributed by atoms with van der Waals surface area (Å²) in [4.78, 5) is 13.1. The van der Waals surface area contributed by atoms with Gasteiger partial charge in [-0.25, -0.2) is 4.79 Å². The van der Waals surface area contributed by atoms with Crippen molar-refractivity contribution in [3.8, 4) is 0 Å². The molecule has 0 aliphatic carbocycles. The predicted octanol–water partition coefficient (Wildman–Crippen LogP) is 3.31. The van der Waals surface area contributed by atoms with E-state index in [1.807, 2.05) is 12.1 Å². The maximum Gasteiger partial charge on any atom is 0.409 e. The van der Waals surface area contributed by atoms with Gasteiger partial charge in [0.25, 0.3) is 0 Å². The van der Waals surface area contributed by atoms with Crippen LogP contribution in [0.1, 0.15) is 18.4 Å². The van der Waals surface area contributed by atoms with E-state index in [1.165, 1.54) is 4.90 Å². The van der Waals surface area contributed by atoms with Crippen LogP contribution in [0.4, 0.5) is 4.79 Å². The van der Waals surface area contributed by atoms with Crippen LogP contribution >= 0.6 is 23.2 Å². The average molecular weight is 331 g/mol. The van der Waals surface area contributed by atoms with Crippen molar-refractivity contribution in [2.24, 2.45) is 0 Å². The second kappa shape index (κ2) is 6.86. The number of rotatable bonds is 3. The van der Waals surface area contributed by atoms with E-state index in [-0.39, 0.29) is 11.5 Å². The number of carbonyl (C=O) groups is 1. The third-order valence-corrected chi connectivity index (χ3v) is 4.58. The Morgan fingerprint density at radius 1 is 1.38 bits per heavy atom. The highest BCUT2D eigenvalue weighted by Gasteiger charge is 2.36. The predicted molar refractivity (Wildman–Crippen MR) is 85.3 cm³/mol. The maximum atomic E-state index is 11.7. The first-order chi connectivity index (χ1) is 9.94. The Hall–Kier alpha value is -0.970. The van der Waals surface area contributed by atoms with Gasteiger partial charge in [-0.05, 0) is 37.1 Å². The molecular formula is C15H20Cl2N2O2. The van der Waals surface area contributed by atoms with Gasteiger partial charge in [-0.2, -0.15) is 0 Å². The van der Waals surface area contributed by atoms with Gasteiger partial charge in [-0.15, -0.1) is 0 Å². The van der Waals surface area contributed by atoms with Crippen LogP contribution in [0.5, 0.6) is 0 Å². The van der Waals surface area contributed by atoms with Crippen LogP contribution < -0.4 is 5.32 Å². The summed E-state index contributed by atoms with van der Waals surface area (Å²) in [6.45, 7) is 2.06. The lowest BCUT2D eigenvalue weighted by Gasteiger charge is -2.38. The zero-order chi connectivity index (χ0) is 15.5. The molecule has 0 radical (unpaired) electrons. The zero-order valence-electron chi connectivity index (χ0n) is 12.3. The molecule has 6 heteroatoms. The monoisotopic (exact) mass is 330 g/mol. The molecule has 1 aromatic carbocycles. The summed E-state index contributed by atoms with van der Waals surface area (Å²) in [5, 5.41) is 4.44. The quantitative estimate of drug-likeness (QED) is 0.924. The molecule has 1 aromatic rings. The molecule has 1 amide bonds. The lowest BCUT2D eigenvalue weighted by atomic mass is 9.75. The fraction of sp³-hybridized carbons (Fsp3) is 0.533. The minimum atomic E-state index is -0.333. The van der Waals surface area contributed by atoms with E-state index in [9.17, 15) is 4.79 Å². The number of hydrogen-bond donors (Lipinski definition) is 1. The third-order valence-electron chi connectivity index (χ3n) is 3.84. The van der Waals surface area contributed by atoms with Crippen LogP contribution in [-0.4, -0.2) is 44.8 Å². The summed E-state index contributed by atoms with van der Waals surface area (Å²) in [5.74, 6) is 0. The average Bonchev–Trinajstić information content (AvgIpc) is 2.48. The molecule has 4 nitrogen and oxygen atoms in total. The van der Waals surface area contributed by atoms with Crippen molar-refractivity contribution in [1.82, 2.24) is 10.2 Å². The summed E-state index contributed by atoms with van der Waals surface area (Å²) >= 11 is 12.1. The Balaban J connectivity index is 2.23. The fourth-order valence-electron chi connectivity index (χ4n) is 2.58. The van der Waals surface area contributed by atoms with Crippen molar-refractivity contribution in [1.29, 1.82) is 0 Å². The Kier molecular flexibility index (Phi) is 5.36. The van der Waals surface area contributed by atoms with E-state index in [1.54, 1.807) is 20.2 Å². The molecule has 0 saturated carbocycles. The minimum absolute atomic E-state index is 0.252. The van der Waals surface area contributed by atoms with Gasteiger partial charge in [-0.3, -0.25) is 0 Å². The summed E-state index contributed by atoms with van der Waals surface area (Å²) < 4.78 is 5.44. The van der Waals surface area contributed by atoms with E-state index in [2.05, 4.69) is 5.32 Å². The number of halogens is 2. The maximum absolute atomic E-state index is 11.7. The Morgan fingerprint density at radius 3 is 2.71 bits per heavy atom. The largest absolute Gasteiger partial charge is 0.448 e. The van der Waals surface area contributed by atoms with Crippen LogP contribution in [-0.2, 0) is 10.2 Å². The number of amides is 1. The molecular weight excluding hydrogens is 311 g/mol. The second-order valence-corrected chi connectivity index (χ2v) is 6.45. The summed E-state index contributed by atoms with van der Waals surface area (Å²) in [6, 6.07) is 5.63. The van der Waals surface area contributed by atoms with Gasteiger partial charge >= 0.3 is 6.09 Å².